The molecule has 0 bridgehead atoms. The molecule has 0 saturated carbocycles. The van der Waals surface area contributed by atoms with Crippen LogP contribution in [0.4, 0.5) is 13.2 Å². The minimum absolute atomic E-state index is 0.0938. The van der Waals surface area contributed by atoms with Crippen molar-refractivity contribution >= 4 is 17.6 Å². The third-order valence-electron chi connectivity index (χ3n) is 1.83. The topological polar surface area (TPSA) is 44.8 Å². The van der Waals surface area contributed by atoms with Gasteiger partial charge in [0, 0.05) is 14.2 Å². The number of ether oxygens (including phenoxy) is 3. The van der Waals surface area contributed by atoms with Gasteiger partial charge in [-0.25, -0.2) is 0 Å². The van der Waals surface area contributed by atoms with Crippen molar-refractivity contribution in [3.8, 4) is 0 Å². The Morgan fingerprint density at radius 2 is 1.75 bits per heavy atom. The Kier molecular flexibility index (Phi) is 5.51. The molecule has 8 heteroatoms. The summed E-state index contributed by atoms with van der Waals surface area (Å²) in [6, 6.07) is 0. The van der Waals surface area contributed by atoms with Gasteiger partial charge in [-0.1, -0.05) is 0 Å². The van der Waals surface area contributed by atoms with Crippen molar-refractivity contribution in [1.82, 2.24) is 0 Å². The molecular formula is C8H12ClF3O4. The van der Waals surface area contributed by atoms with Gasteiger partial charge in [0.25, 0.3) is 5.79 Å². The van der Waals surface area contributed by atoms with Gasteiger partial charge < -0.3 is 14.2 Å². The van der Waals surface area contributed by atoms with Gasteiger partial charge in [0.2, 0.25) is 0 Å². The van der Waals surface area contributed by atoms with Crippen LogP contribution in [0, 0.1) is 0 Å². The molecule has 0 fully saturated rings. The molecule has 0 rings (SSSR count). The molecule has 0 saturated heterocycles. The predicted molar refractivity (Wildman–Crippen MR) is 49.1 cm³/mol. The molecule has 1 unspecified atom stereocenters. The molecular weight excluding hydrogens is 253 g/mol. The van der Waals surface area contributed by atoms with E-state index in [0.29, 0.717) is 0 Å². The molecule has 96 valence electrons. The molecule has 4 nitrogen and oxygen atoms in total. The van der Waals surface area contributed by atoms with Crippen LogP contribution in [0.1, 0.15) is 6.92 Å². The number of hydrogen-bond donors (Lipinski definition) is 0. The fraction of sp³-hybridized carbons (Fsp3) is 0.875. The van der Waals surface area contributed by atoms with Gasteiger partial charge in [-0.05, 0) is 6.92 Å². The first-order valence-corrected chi connectivity index (χ1v) is 4.68. The van der Waals surface area contributed by atoms with E-state index in [1.807, 2.05) is 0 Å². The van der Waals surface area contributed by atoms with Crippen LogP contribution in [0.2, 0.25) is 0 Å². The van der Waals surface area contributed by atoms with Gasteiger partial charge in [0.1, 0.15) is 0 Å². The normalized spacial score (nSPS) is 14.7. The van der Waals surface area contributed by atoms with Crippen LogP contribution in [0.5, 0.6) is 0 Å². The standard InChI is InChI=1S/C8H12ClF3O4/c1-4-16-6(13)5(9)7(14-2,15-3)8(10,11)12/h5H,4H2,1-3H3. The summed E-state index contributed by atoms with van der Waals surface area (Å²) in [5, 5.41) is -2.14. The lowest BCUT2D eigenvalue weighted by molar-refractivity contribution is -0.364. The largest absolute Gasteiger partial charge is 0.465 e. The smallest absolute Gasteiger partial charge is 0.445 e. The van der Waals surface area contributed by atoms with Crippen molar-refractivity contribution in [1.29, 1.82) is 0 Å². The molecule has 1 atom stereocenters. The lowest BCUT2D eigenvalue weighted by Crippen LogP contribution is -2.58. The average Bonchev–Trinajstić information content (AvgIpc) is 2.18. The summed E-state index contributed by atoms with van der Waals surface area (Å²) in [6.07, 6.45) is -4.96. The lowest BCUT2D eigenvalue weighted by Gasteiger charge is -2.34. The summed E-state index contributed by atoms with van der Waals surface area (Å²) in [7, 11) is 1.48. The highest BCUT2D eigenvalue weighted by Crippen LogP contribution is 2.39. The summed E-state index contributed by atoms with van der Waals surface area (Å²) in [6.45, 7) is 1.35. The Labute approximate surface area is 95.6 Å². The molecule has 0 amide bonds. The van der Waals surface area contributed by atoms with Crippen LogP contribution in [-0.2, 0) is 19.0 Å². The zero-order valence-corrected chi connectivity index (χ0v) is 9.69. The highest BCUT2D eigenvalue weighted by Gasteiger charge is 2.64. The molecule has 0 aliphatic heterocycles. The van der Waals surface area contributed by atoms with E-state index >= 15 is 0 Å². The number of esters is 1. The minimum Gasteiger partial charge on any atom is -0.465 e. The molecule has 0 aliphatic carbocycles. The van der Waals surface area contributed by atoms with Crippen LogP contribution in [0.25, 0.3) is 0 Å². The Balaban J connectivity index is 5.12. The van der Waals surface area contributed by atoms with E-state index in [4.69, 9.17) is 11.6 Å². The van der Waals surface area contributed by atoms with E-state index < -0.39 is 23.3 Å². The monoisotopic (exact) mass is 264 g/mol. The Morgan fingerprint density at radius 3 is 2.00 bits per heavy atom. The highest BCUT2D eigenvalue weighted by atomic mass is 35.5. The van der Waals surface area contributed by atoms with Crippen LogP contribution < -0.4 is 0 Å². The van der Waals surface area contributed by atoms with E-state index in [1.54, 1.807) is 0 Å². The van der Waals surface area contributed by atoms with Gasteiger partial charge in [-0.3, -0.25) is 4.79 Å². The highest BCUT2D eigenvalue weighted by molar-refractivity contribution is 6.30. The van der Waals surface area contributed by atoms with Crippen LogP contribution in [-0.4, -0.2) is 44.1 Å². The molecule has 16 heavy (non-hydrogen) atoms. The zero-order chi connectivity index (χ0) is 13.0. The van der Waals surface area contributed by atoms with E-state index in [2.05, 4.69) is 14.2 Å². The predicted octanol–water partition coefficient (Wildman–Crippen LogP) is 1.71. The summed E-state index contributed by atoms with van der Waals surface area (Å²) in [4.78, 5) is 11.1. The fourth-order valence-corrected chi connectivity index (χ4v) is 1.40. The number of methoxy groups -OCH3 is 2. The average molecular weight is 265 g/mol. The van der Waals surface area contributed by atoms with Crippen molar-refractivity contribution in [2.75, 3.05) is 20.8 Å². The molecule has 0 radical (unpaired) electrons. The number of rotatable bonds is 5. The van der Waals surface area contributed by atoms with Crippen molar-refractivity contribution in [2.24, 2.45) is 0 Å². The maximum absolute atomic E-state index is 12.7. The minimum atomic E-state index is -4.96. The van der Waals surface area contributed by atoms with Gasteiger partial charge >= 0.3 is 12.1 Å². The first kappa shape index (κ1) is 15.5. The Bertz CT molecular complexity index is 240. The number of carbonyl (C=O) groups excluding carboxylic acids is 1. The number of hydrogen-bond acceptors (Lipinski definition) is 4. The first-order chi connectivity index (χ1) is 7.26. The van der Waals surface area contributed by atoms with Gasteiger partial charge in [0.15, 0.2) is 5.38 Å². The second-order valence-electron chi connectivity index (χ2n) is 2.69. The Morgan fingerprint density at radius 1 is 1.31 bits per heavy atom. The van der Waals surface area contributed by atoms with Crippen molar-refractivity contribution in [3.05, 3.63) is 0 Å². The van der Waals surface area contributed by atoms with Crippen molar-refractivity contribution in [2.45, 2.75) is 24.3 Å². The number of halogens is 4. The number of alkyl halides is 4. The van der Waals surface area contributed by atoms with E-state index in [-0.39, 0.29) is 6.61 Å². The van der Waals surface area contributed by atoms with Crippen molar-refractivity contribution in [3.63, 3.8) is 0 Å². The molecule has 0 aromatic rings. The van der Waals surface area contributed by atoms with Gasteiger partial charge in [-0.15, -0.1) is 11.6 Å². The maximum atomic E-state index is 12.7. The second kappa shape index (κ2) is 5.70. The second-order valence-corrected chi connectivity index (χ2v) is 3.12. The van der Waals surface area contributed by atoms with Gasteiger partial charge in [-0.2, -0.15) is 13.2 Å². The molecule has 0 aromatic heterocycles. The number of carbonyl (C=O) groups is 1. The summed E-state index contributed by atoms with van der Waals surface area (Å²) < 4.78 is 50.8. The van der Waals surface area contributed by atoms with E-state index in [0.717, 1.165) is 14.2 Å². The maximum Gasteiger partial charge on any atom is 0.445 e. The fourth-order valence-electron chi connectivity index (χ4n) is 1.04. The summed E-state index contributed by atoms with van der Waals surface area (Å²) in [5.74, 6) is -4.47. The third kappa shape index (κ3) is 2.78. The SMILES string of the molecule is CCOC(=O)C(Cl)C(OC)(OC)C(F)(F)F. The van der Waals surface area contributed by atoms with Crippen LogP contribution >= 0.6 is 11.6 Å². The van der Waals surface area contributed by atoms with E-state index in [9.17, 15) is 18.0 Å². The van der Waals surface area contributed by atoms with E-state index in [1.165, 1.54) is 6.92 Å². The Hall–Kier alpha value is -0.530. The van der Waals surface area contributed by atoms with Crippen LogP contribution in [0.15, 0.2) is 0 Å². The lowest BCUT2D eigenvalue weighted by atomic mass is 10.1. The molecule has 0 spiro atoms. The first-order valence-electron chi connectivity index (χ1n) is 4.24. The van der Waals surface area contributed by atoms with Gasteiger partial charge in [0.05, 0.1) is 6.61 Å². The summed E-state index contributed by atoms with van der Waals surface area (Å²) >= 11 is 5.37. The van der Waals surface area contributed by atoms with Crippen molar-refractivity contribution < 1.29 is 32.2 Å². The molecule has 0 aromatic carbocycles. The molecule has 0 aliphatic rings. The summed E-state index contributed by atoms with van der Waals surface area (Å²) in [5.41, 5.74) is 0. The van der Waals surface area contributed by atoms with Crippen LogP contribution in [0.3, 0.4) is 0 Å². The molecule has 0 N–H and O–H groups in total. The quantitative estimate of drug-likeness (QED) is 0.431. The molecule has 0 heterocycles. The third-order valence-corrected chi connectivity index (χ3v) is 2.29. The zero-order valence-electron chi connectivity index (χ0n) is 8.93.